The molecule has 0 bridgehead atoms. The minimum atomic E-state index is -0.0629. The van der Waals surface area contributed by atoms with E-state index in [0.717, 1.165) is 4.34 Å². The SMILES string of the molecule is N#CCC1(c2ccc(Cl)s2)COC1. The number of hydrogen-bond acceptors (Lipinski definition) is 3. The van der Waals surface area contributed by atoms with Crippen LogP contribution >= 0.6 is 22.9 Å². The van der Waals surface area contributed by atoms with Crippen molar-refractivity contribution in [2.24, 2.45) is 0 Å². The Morgan fingerprint density at radius 2 is 2.38 bits per heavy atom. The maximum atomic E-state index is 8.70. The molecule has 1 aliphatic rings. The Morgan fingerprint density at radius 1 is 1.62 bits per heavy atom. The summed E-state index contributed by atoms with van der Waals surface area (Å²) in [4.78, 5) is 1.17. The highest BCUT2D eigenvalue weighted by Crippen LogP contribution is 2.40. The van der Waals surface area contributed by atoms with Gasteiger partial charge in [-0.15, -0.1) is 11.3 Å². The van der Waals surface area contributed by atoms with Crippen molar-refractivity contribution < 1.29 is 4.74 Å². The Balaban J connectivity index is 2.27. The van der Waals surface area contributed by atoms with E-state index in [2.05, 4.69) is 6.07 Å². The molecule has 68 valence electrons. The van der Waals surface area contributed by atoms with E-state index in [4.69, 9.17) is 21.6 Å². The van der Waals surface area contributed by atoms with Crippen LogP contribution in [0, 0.1) is 11.3 Å². The summed E-state index contributed by atoms with van der Waals surface area (Å²) in [5, 5.41) is 8.70. The van der Waals surface area contributed by atoms with E-state index in [9.17, 15) is 0 Å². The van der Waals surface area contributed by atoms with Gasteiger partial charge in [0, 0.05) is 4.88 Å². The van der Waals surface area contributed by atoms with Gasteiger partial charge in [-0.3, -0.25) is 0 Å². The van der Waals surface area contributed by atoms with E-state index in [1.807, 2.05) is 12.1 Å². The van der Waals surface area contributed by atoms with Crippen molar-refractivity contribution in [2.75, 3.05) is 13.2 Å². The van der Waals surface area contributed by atoms with Crippen LogP contribution in [0.2, 0.25) is 4.34 Å². The Bertz CT molecular complexity index is 351. The van der Waals surface area contributed by atoms with Gasteiger partial charge in [0.1, 0.15) is 0 Å². The number of nitriles is 1. The van der Waals surface area contributed by atoms with E-state index >= 15 is 0 Å². The van der Waals surface area contributed by atoms with Crippen LogP contribution in [0.4, 0.5) is 0 Å². The number of hydrogen-bond donors (Lipinski definition) is 0. The molecule has 0 unspecified atom stereocenters. The number of nitrogens with zero attached hydrogens (tertiary/aromatic N) is 1. The third-order valence-electron chi connectivity index (χ3n) is 2.27. The summed E-state index contributed by atoms with van der Waals surface area (Å²) < 4.78 is 5.94. The molecule has 0 atom stereocenters. The van der Waals surface area contributed by atoms with Gasteiger partial charge in [0.25, 0.3) is 0 Å². The lowest BCUT2D eigenvalue weighted by molar-refractivity contribution is -0.0558. The second kappa shape index (κ2) is 3.30. The summed E-state index contributed by atoms with van der Waals surface area (Å²) in [6.07, 6.45) is 0.518. The number of thiophene rings is 1. The zero-order valence-corrected chi connectivity index (χ0v) is 8.49. The van der Waals surface area contributed by atoms with Crippen LogP contribution in [-0.2, 0) is 10.2 Å². The Morgan fingerprint density at radius 3 is 2.77 bits per heavy atom. The standard InChI is InChI=1S/C9H8ClNOS/c10-8-2-1-7(13-8)9(3-4-11)5-12-6-9/h1-2H,3,5-6H2. The first-order valence-corrected chi connectivity index (χ1v) is 5.17. The molecule has 0 aliphatic carbocycles. The van der Waals surface area contributed by atoms with E-state index in [1.165, 1.54) is 4.88 Å². The van der Waals surface area contributed by atoms with Gasteiger partial charge >= 0.3 is 0 Å². The van der Waals surface area contributed by atoms with Crippen LogP contribution in [0.5, 0.6) is 0 Å². The van der Waals surface area contributed by atoms with Gasteiger partial charge in [-0.1, -0.05) is 11.6 Å². The molecule has 2 nitrogen and oxygen atoms in total. The second-order valence-corrected chi connectivity index (χ2v) is 4.93. The van der Waals surface area contributed by atoms with Crippen LogP contribution in [0.3, 0.4) is 0 Å². The molecule has 0 saturated carbocycles. The number of ether oxygens (including phenoxy) is 1. The maximum Gasteiger partial charge on any atom is 0.0931 e. The Hall–Kier alpha value is -0.560. The topological polar surface area (TPSA) is 33.0 Å². The zero-order valence-electron chi connectivity index (χ0n) is 6.92. The molecule has 2 heterocycles. The minimum absolute atomic E-state index is 0.0629. The summed E-state index contributed by atoms with van der Waals surface area (Å²) in [5.41, 5.74) is -0.0629. The van der Waals surface area contributed by atoms with Gasteiger partial charge in [-0.2, -0.15) is 5.26 Å². The van der Waals surface area contributed by atoms with Gasteiger partial charge in [0.15, 0.2) is 0 Å². The third kappa shape index (κ3) is 1.46. The summed E-state index contributed by atoms with van der Waals surface area (Å²) >= 11 is 7.39. The van der Waals surface area contributed by atoms with Crippen molar-refractivity contribution in [3.05, 3.63) is 21.3 Å². The van der Waals surface area contributed by atoms with Crippen LogP contribution in [0.1, 0.15) is 11.3 Å². The Kier molecular flexibility index (Phi) is 2.29. The normalized spacial score (nSPS) is 19.1. The van der Waals surface area contributed by atoms with Crippen LogP contribution in [0.25, 0.3) is 0 Å². The van der Waals surface area contributed by atoms with Gasteiger partial charge < -0.3 is 4.74 Å². The van der Waals surface area contributed by atoms with Crippen LogP contribution < -0.4 is 0 Å². The number of rotatable bonds is 2. The van der Waals surface area contributed by atoms with Crippen molar-refractivity contribution in [1.29, 1.82) is 5.26 Å². The lowest BCUT2D eigenvalue weighted by Crippen LogP contribution is -2.45. The van der Waals surface area contributed by atoms with Gasteiger partial charge in [0.05, 0.1) is 35.5 Å². The average Bonchev–Trinajstić information content (AvgIpc) is 2.44. The summed E-state index contributed by atoms with van der Waals surface area (Å²) in [6.45, 7) is 1.30. The average molecular weight is 214 g/mol. The molecule has 2 rings (SSSR count). The van der Waals surface area contributed by atoms with E-state index < -0.39 is 0 Å². The summed E-state index contributed by atoms with van der Waals surface area (Å²) in [6, 6.07) is 6.07. The molecular formula is C9H8ClNOS. The van der Waals surface area contributed by atoms with Crippen molar-refractivity contribution in [2.45, 2.75) is 11.8 Å². The fraction of sp³-hybridized carbons (Fsp3) is 0.444. The van der Waals surface area contributed by atoms with Crippen molar-refractivity contribution >= 4 is 22.9 Å². The highest BCUT2D eigenvalue weighted by molar-refractivity contribution is 7.16. The zero-order chi connectivity index (χ0) is 9.31. The van der Waals surface area contributed by atoms with Crippen molar-refractivity contribution in [1.82, 2.24) is 0 Å². The first kappa shape index (κ1) is 9.01. The van der Waals surface area contributed by atoms with Gasteiger partial charge in [-0.25, -0.2) is 0 Å². The summed E-state index contributed by atoms with van der Waals surface area (Å²) in [7, 11) is 0. The second-order valence-electron chi connectivity index (χ2n) is 3.21. The highest BCUT2D eigenvalue weighted by Gasteiger charge is 2.41. The van der Waals surface area contributed by atoms with E-state index in [1.54, 1.807) is 11.3 Å². The van der Waals surface area contributed by atoms with Crippen LogP contribution in [0.15, 0.2) is 12.1 Å². The molecular weight excluding hydrogens is 206 g/mol. The predicted molar refractivity (Wildman–Crippen MR) is 52.1 cm³/mol. The molecule has 0 amide bonds. The van der Waals surface area contributed by atoms with Crippen molar-refractivity contribution in [3.63, 3.8) is 0 Å². The highest BCUT2D eigenvalue weighted by atomic mass is 35.5. The van der Waals surface area contributed by atoms with Gasteiger partial charge in [-0.05, 0) is 12.1 Å². The molecule has 0 N–H and O–H groups in total. The molecule has 0 aromatic carbocycles. The van der Waals surface area contributed by atoms with Crippen LogP contribution in [-0.4, -0.2) is 13.2 Å². The molecule has 13 heavy (non-hydrogen) atoms. The van der Waals surface area contributed by atoms with E-state index in [0.29, 0.717) is 19.6 Å². The van der Waals surface area contributed by atoms with E-state index in [-0.39, 0.29) is 5.41 Å². The first-order valence-electron chi connectivity index (χ1n) is 3.97. The van der Waals surface area contributed by atoms with Crippen molar-refractivity contribution in [3.8, 4) is 6.07 Å². The fourth-order valence-electron chi connectivity index (χ4n) is 1.43. The smallest absolute Gasteiger partial charge is 0.0931 e. The maximum absolute atomic E-state index is 8.70. The molecule has 1 fully saturated rings. The predicted octanol–water partition coefficient (Wildman–Crippen LogP) is 2.58. The molecule has 0 spiro atoms. The molecule has 1 aromatic rings. The molecule has 0 radical (unpaired) electrons. The quantitative estimate of drug-likeness (QED) is 0.757. The fourth-order valence-corrected chi connectivity index (χ4v) is 2.63. The monoisotopic (exact) mass is 213 g/mol. The first-order chi connectivity index (χ1) is 6.27. The van der Waals surface area contributed by atoms with Gasteiger partial charge in [0.2, 0.25) is 0 Å². The summed E-state index contributed by atoms with van der Waals surface area (Å²) in [5.74, 6) is 0. The molecule has 1 saturated heterocycles. The number of halogens is 1. The lowest BCUT2D eigenvalue weighted by Gasteiger charge is -2.38. The molecule has 4 heteroatoms. The third-order valence-corrected chi connectivity index (χ3v) is 3.75. The molecule has 1 aliphatic heterocycles. The lowest BCUT2D eigenvalue weighted by atomic mass is 9.81. The largest absolute Gasteiger partial charge is 0.379 e. The minimum Gasteiger partial charge on any atom is -0.379 e. The Labute approximate surface area is 85.7 Å². The molecule has 1 aromatic heterocycles.